The van der Waals surface area contributed by atoms with Crippen LogP contribution in [0.5, 0.6) is 0 Å². The van der Waals surface area contributed by atoms with Crippen molar-refractivity contribution < 1.29 is 9.53 Å². The summed E-state index contributed by atoms with van der Waals surface area (Å²) >= 11 is 4.92. The number of nitrogens with one attached hydrogen (secondary N) is 1. The van der Waals surface area contributed by atoms with Crippen LogP contribution >= 0.6 is 27.3 Å². The number of benzene rings is 1. The normalized spacial score (nSPS) is 11.3. The molecule has 2 heterocycles. The summed E-state index contributed by atoms with van der Waals surface area (Å²) in [6.07, 6.45) is 3.16. The van der Waals surface area contributed by atoms with E-state index in [1.54, 1.807) is 17.4 Å². The van der Waals surface area contributed by atoms with Gasteiger partial charge in [0.15, 0.2) is 0 Å². The molecule has 0 amide bonds. The molecule has 0 bridgehead atoms. The number of rotatable bonds is 4. The van der Waals surface area contributed by atoms with Crippen molar-refractivity contribution in [3.05, 3.63) is 50.6 Å². The van der Waals surface area contributed by atoms with Gasteiger partial charge in [0.1, 0.15) is 17.6 Å². The van der Waals surface area contributed by atoms with Gasteiger partial charge in [0.05, 0.1) is 3.79 Å². The second-order valence-electron chi connectivity index (χ2n) is 4.23. The first-order valence-electron chi connectivity index (χ1n) is 6.10. The van der Waals surface area contributed by atoms with Crippen molar-refractivity contribution in [1.82, 2.24) is 15.4 Å². The van der Waals surface area contributed by atoms with Crippen molar-refractivity contribution in [2.75, 3.05) is 0 Å². The minimum Gasteiger partial charge on any atom is -0.458 e. The maximum Gasteiger partial charge on any atom is 0.331 e. The van der Waals surface area contributed by atoms with Crippen molar-refractivity contribution in [2.24, 2.45) is 0 Å². The van der Waals surface area contributed by atoms with Crippen LogP contribution in [0.1, 0.15) is 10.4 Å². The van der Waals surface area contributed by atoms with Crippen LogP contribution in [0.25, 0.3) is 17.1 Å². The Kier molecular flexibility index (Phi) is 4.12. The highest BCUT2D eigenvalue weighted by molar-refractivity contribution is 9.11. The third kappa shape index (κ3) is 3.56. The second-order valence-corrected chi connectivity index (χ2v) is 6.72. The Morgan fingerprint density at radius 1 is 1.29 bits per heavy atom. The number of hydrogen-bond acceptors (Lipinski definition) is 5. The van der Waals surface area contributed by atoms with Crippen LogP contribution in [0.15, 0.2) is 40.2 Å². The molecule has 0 unspecified atom stereocenters. The van der Waals surface area contributed by atoms with Crippen LogP contribution in [0.3, 0.4) is 0 Å². The van der Waals surface area contributed by atoms with E-state index in [2.05, 4.69) is 31.3 Å². The van der Waals surface area contributed by atoms with Crippen molar-refractivity contribution in [3.63, 3.8) is 0 Å². The van der Waals surface area contributed by atoms with Gasteiger partial charge in [-0.2, -0.15) is 15.4 Å². The summed E-state index contributed by atoms with van der Waals surface area (Å²) in [6.45, 7) is 0.208. The lowest BCUT2D eigenvalue weighted by Crippen LogP contribution is -2.00. The van der Waals surface area contributed by atoms with Gasteiger partial charge in [-0.3, -0.25) is 0 Å². The number of halogens is 1. The summed E-state index contributed by atoms with van der Waals surface area (Å²) < 4.78 is 6.22. The molecular weight excluding hydrogens is 354 g/mol. The highest BCUT2D eigenvalue weighted by Gasteiger charge is 2.03. The van der Waals surface area contributed by atoms with E-state index in [-0.39, 0.29) is 12.6 Å². The largest absolute Gasteiger partial charge is 0.458 e. The molecule has 0 fully saturated rings. The van der Waals surface area contributed by atoms with Crippen molar-refractivity contribution in [2.45, 2.75) is 6.61 Å². The van der Waals surface area contributed by atoms with Gasteiger partial charge in [0, 0.05) is 11.0 Å². The van der Waals surface area contributed by atoms with E-state index >= 15 is 0 Å². The summed E-state index contributed by atoms with van der Waals surface area (Å²) in [7, 11) is 0. The van der Waals surface area contributed by atoms with Crippen LogP contribution in [-0.4, -0.2) is 21.4 Å². The van der Waals surface area contributed by atoms with Gasteiger partial charge in [-0.15, -0.1) is 11.3 Å². The fraction of sp³-hybridized carbons (Fsp3) is 0.0714. The monoisotopic (exact) mass is 363 g/mol. The van der Waals surface area contributed by atoms with E-state index in [0.29, 0.717) is 0 Å². The van der Waals surface area contributed by atoms with Crippen LogP contribution in [-0.2, 0) is 16.1 Å². The molecule has 5 nitrogen and oxygen atoms in total. The number of hydrogen-bond donors (Lipinski definition) is 1. The number of nitrogens with zero attached hydrogens (tertiary/aromatic N) is 2. The summed E-state index contributed by atoms with van der Waals surface area (Å²) in [5, 5.41) is 10.5. The first-order valence-corrected chi connectivity index (χ1v) is 7.71. The number of esters is 1. The van der Waals surface area contributed by atoms with Crippen LogP contribution < -0.4 is 0 Å². The van der Waals surface area contributed by atoms with Gasteiger partial charge in [-0.25, -0.2) is 4.79 Å². The van der Waals surface area contributed by atoms with Gasteiger partial charge >= 0.3 is 5.97 Å². The molecule has 2 aromatic heterocycles. The summed E-state index contributed by atoms with van der Waals surface area (Å²) in [6, 6.07) is 9.39. The molecule has 106 valence electrons. The average molecular weight is 364 g/mol. The minimum absolute atomic E-state index is 0.208. The molecule has 3 rings (SSSR count). The van der Waals surface area contributed by atoms with Gasteiger partial charge < -0.3 is 4.74 Å². The predicted octanol–water partition coefficient (Wildman–Crippen LogP) is 3.54. The molecule has 1 aromatic carbocycles. The molecule has 21 heavy (non-hydrogen) atoms. The number of H-pyrrole nitrogens is 1. The quantitative estimate of drug-likeness (QED) is 0.568. The Balaban J connectivity index is 1.58. The summed E-state index contributed by atoms with van der Waals surface area (Å²) in [5.74, 6) is -0.375. The van der Waals surface area contributed by atoms with Crippen LogP contribution in [0.4, 0.5) is 0 Å². The Hall–Kier alpha value is -1.99. The first-order chi connectivity index (χ1) is 10.2. The number of carbonyl (C=O) groups is 1. The van der Waals surface area contributed by atoms with Crippen LogP contribution in [0, 0.1) is 0 Å². The van der Waals surface area contributed by atoms with Gasteiger partial charge in [-0.1, -0.05) is 6.07 Å². The molecule has 0 spiro atoms. The third-order valence-electron chi connectivity index (χ3n) is 2.74. The van der Waals surface area contributed by atoms with Crippen molar-refractivity contribution >= 4 is 50.3 Å². The van der Waals surface area contributed by atoms with Crippen LogP contribution in [0.2, 0.25) is 0 Å². The molecule has 3 aromatic rings. The molecule has 0 radical (unpaired) electrons. The summed E-state index contributed by atoms with van der Waals surface area (Å²) in [4.78, 5) is 12.6. The van der Waals surface area contributed by atoms with Gasteiger partial charge in [0.2, 0.25) is 0 Å². The highest BCUT2D eigenvalue weighted by atomic mass is 79.9. The lowest BCUT2D eigenvalue weighted by molar-refractivity contribution is -0.138. The fourth-order valence-corrected chi connectivity index (χ4v) is 3.07. The average Bonchev–Trinajstić information content (AvgIpc) is 3.10. The third-order valence-corrected chi connectivity index (χ3v) is 4.33. The number of thiophene rings is 1. The fourth-order valence-electron chi connectivity index (χ4n) is 1.75. The number of fused-ring (bicyclic) bond motifs is 1. The molecule has 7 heteroatoms. The van der Waals surface area contributed by atoms with E-state index in [1.165, 1.54) is 6.08 Å². The Morgan fingerprint density at radius 3 is 2.95 bits per heavy atom. The standard InChI is InChI=1S/C14H10BrN3O2S/c15-13-5-2-10(21-13)3-6-14(19)20-8-9-1-4-11-12(7-9)17-18-16-11/h1-7H,8H2,(H,16,17,18)/b6-3+. The number of aromatic nitrogens is 3. The first kappa shape index (κ1) is 14.0. The van der Waals surface area contributed by atoms with E-state index in [4.69, 9.17) is 4.74 Å². The lowest BCUT2D eigenvalue weighted by Gasteiger charge is -2.01. The van der Waals surface area contributed by atoms with Gasteiger partial charge in [0.25, 0.3) is 0 Å². The molecule has 0 aliphatic carbocycles. The predicted molar refractivity (Wildman–Crippen MR) is 84.7 cm³/mol. The van der Waals surface area contributed by atoms with Gasteiger partial charge in [-0.05, 0) is 51.8 Å². The van der Waals surface area contributed by atoms with Crippen molar-refractivity contribution in [1.29, 1.82) is 0 Å². The Labute approximate surface area is 132 Å². The molecule has 1 N–H and O–H groups in total. The van der Waals surface area contributed by atoms with Crippen molar-refractivity contribution in [3.8, 4) is 0 Å². The Morgan fingerprint density at radius 2 is 2.14 bits per heavy atom. The van der Waals surface area contributed by atoms with E-state index in [0.717, 1.165) is 25.3 Å². The number of aromatic amines is 1. The molecule has 0 aliphatic rings. The molecule has 0 atom stereocenters. The van der Waals surface area contributed by atoms with E-state index in [1.807, 2.05) is 30.3 Å². The zero-order chi connectivity index (χ0) is 14.7. The van der Waals surface area contributed by atoms with E-state index in [9.17, 15) is 4.79 Å². The number of carbonyl (C=O) groups excluding carboxylic acids is 1. The topological polar surface area (TPSA) is 67.9 Å². The summed E-state index contributed by atoms with van der Waals surface area (Å²) in [5.41, 5.74) is 2.41. The molecular formula is C14H10BrN3O2S. The maximum absolute atomic E-state index is 11.7. The molecule has 0 aliphatic heterocycles. The zero-order valence-corrected chi connectivity index (χ0v) is 13.1. The SMILES string of the molecule is O=C(/C=C/c1ccc(Br)s1)OCc1ccc2n[nH]nc2c1. The molecule has 0 saturated carbocycles. The maximum atomic E-state index is 11.7. The minimum atomic E-state index is -0.375. The Bertz CT molecular complexity index is 809. The number of ether oxygens (including phenoxy) is 1. The zero-order valence-electron chi connectivity index (χ0n) is 10.7. The molecule has 0 saturated heterocycles. The van der Waals surface area contributed by atoms with E-state index < -0.39 is 0 Å². The highest BCUT2D eigenvalue weighted by Crippen LogP contribution is 2.23. The second kappa shape index (κ2) is 6.19. The lowest BCUT2D eigenvalue weighted by atomic mass is 10.2. The smallest absolute Gasteiger partial charge is 0.331 e.